The van der Waals surface area contributed by atoms with Gasteiger partial charge in [0.1, 0.15) is 18.0 Å². The molecule has 0 spiro atoms. The lowest BCUT2D eigenvalue weighted by molar-refractivity contribution is -0.121. The van der Waals surface area contributed by atoms with E-state index in [1.165, 1.54) is 0 Å². The van der Waals surface area contributed by atoms with Crippen LogP contribution in [-0.4, -0.2) is 21.9 Å². The van der Waals surface area contributed by atoms with Crippen molar-refractivity contribution in [3.8, 4) is 5.75 Å². The summed E-state index contributed by atoms with van der Waals surface area (Å²) in [5.41, 5.74) is 1.20. The largest absolute Gasteiger partial charge is 0.489 e. The number of nitrogens with one attached hydrogen (secondary N) is 1. The van der Waals surface area contributed by atoms with E-state index in [1.807, 2.05) is 60.7 Å². The second-order valence-corrected chi connectivity index (χ2v) is 7.68. The minimum absolute atomic E-state index is 0.0979. The van der Waals surface area contributed by atoms with E-state index in [1.54, 1.807) is 31.2 Å². The maximum atomic E-state index is 12.2. The summed E-state index contributed by atoms with van der Waals surface area (Å²) >= 11 is 0. The topological polar surface area (TPSA) is 91.2 Å². The molecule has 3 N–H and O–H groups in total. The van der Waals surface area contributed by atoms with Gasteiger partial charge in [-0.3, -0.25) is 4.79 Å². The molecule has 0 aromatic heterocycles. The zero-order valence-corrected chi connectivity index (χ0v) is 18.1. The fraction of sp³-hybridized carbons (Fsp3) is 0.231. The summed E-state index contributed by atoms with van der Waals surface area (Å²) in [6.45, 7) is 2.41. The maximum absolute atomic E-state index is 12.2. The van der Waals surface area contributed by atoms with Crippen LogP contribution < -0.4 is 10.1 Å². The molecule has 3 aromatic carbocycles. The van der Waals surface area contributed by atoms with E-state index < -0.39 is 5.60 Å². The molecule has 0 radical (unpaired) electrons. The number of oxime groups is 1. The lowest BCUT2D eigenvalue weighted by atomic mass is 9.88. The number of hydrogen-bond acceptors (Lipinski definition) is 5. The highest BCUT2D eigenvalue weighted by molar-refractivity contribution is 5.95. The van der Waals surface area contributed by atoms with Crippen LogP contribution in [0.4, 0.5) is 0 Å². The third kappa shape index (κ3) is 6.43. The van der Waals surface area contributed by atoms with Crippen LogP contribution in [0.5, 0.6) is 5.75 Å². The van der Waals surface area contributed by atoms with Gasteiger partial charge in [-0.15, -0.1) is 0 Å². The Bertz CT molecular complexity index is 1020. The quantitative estimate of drug-likeness (QED) is 0.252. The van der Waals surface area contributed by atoms with Gasteiger partial charge in [0.15, 0.2) is 0 Å². The molecule has 0 aliphatic carbocycles. The number of amides is 1. The van der Waals surface area contributed by atoms with Gasteiger partial charge in [0.05, 0.1) is 5.71 Å². The second-order valence-electron chi connectivity index (χ2n) is 7.68. The van der Waals surface area contributed by atoms with Crippen molar-refractivity contribution in [2.75, 3.05) is 0 Å². The number of ether oxygens (including phenoxy) is 1. The summed E-state index contributed by atoms with van der Waals surface area (Å²) in [5, 5.41) is 26.6. The van der Waals surface area contributed by atoms with E-state index in [4.69, 9.17) is 4.74 Å². The molecule has 3 aromatic rings. The fourth-order valence-electron chi connectivity index (χ4n) is 3.29. The SMILES string of the molecule is CC(O)(/C(CCC(=O)NCc1ccccc1)=N/O)c1ccc(OCc2ccccc2)cc1. The molecule has 32 heavy (non-hydrogen) atoms. The molecule has 0 heterocycles. The minimum Gasteiger partial charge on any atom is -0.489 e. The van der Waals surface area contributed by atoms with Crippen molar-refractivity contribution < 1.29 is 19.8 Å². The first-order valence-corrected chi connectivity index (χ1v) is 10.5. The van der Waals surface area contributed by atoms with Crippen LogP contribution in [0.15, 0.2) is 90.1 Å². The lowest BCUT2D eigenvalue weighted by Crippen LogP contribution is -2.34. The van der Waals surface area contributed by atoms with Crippen LogP contribution in [0.1, 0.15) is 36.5 Å². The molecule has 1 amide bonds. The Labute approximate surface area is 188 Å². The average molecular weight is 433 g/mol. The molecule has 1 unspecified atom stereocenters. The first kappa shape index (κ1) is 23.0. The number of nitrogens with zero attached hydrogens (tertiary/aromatic N) is 1. The third-order valence-electron chi connectivity index (χ3n) is 5.27. The van der Waals surface area contributed by atoms with E-state index in [-0.39, 0.29) is 24.5 Å². The summed E-state index contributed by atoms with van der Waals surface area (Å²) in [5.74, 6) is 0.478. The van der Waals surface area contributed by atoms with Crippen LogP contribution in [-0.2, 0) is 23.5 Å². The van der Waals surface area contributed by atoms with Crippen molar-refractivity contribution in [3.05, 3.63) is 102 Å². The zero-order chi connectivity index (χ0) is 22.8. The normalized spacial score (nSPS) is 13.2. The number of hydrogen-bond donors (Lipinski definition) is 3. The van der Waals surface area contributed by atoms with Crippen LogP contribution in [0, 0.1) is 0 Å². The smallest absolute Gasteiger partial charge is 0.220 e. The van der Waals surface area contributed by atoms with Gasteiger partial charge in [-0.2, -0.15) is 0 Å². The van der Waals surface area contributed by atoms with Gasteiger partial charge in [0.25, 0.3) is 0 Å². The Hall–Kier alpha value is -3.64. The maximum Gasteiger partial charge on any atom is 0.220 e. The minimum atomic E-state index is -1.52. The summed E-state index contributed by atoms with van der Waals surface area (Å²) in [6.07, 6.45) is 0.219. The first-order chi connectivity index (χ1) is 15.5. The molecule has 6 heteroatoms. The number of benzene rings is 3. The molecule has 0 fully saturated rings. The van der Waals surface area contributed by atoms with Gasteiger partial charge >= 0.3 is 0 Å². The second kappa shape index (κ2) is 11.1. The van der Waals surface area contributed by atoms with Gasteiger partial charge < -0.3 is 20.4 Å². The molecule has 3 rings (SSSR count). The molecule has 166 valence electrons. The van der Waals surface area contributed by atoms with Gasteiger partial charge in [0.2, 0.25) is 5.91 Å². The van der Waals surface area contributed by atoms with E-state index in [9.17, 15) is 15.1 Å². The zero-order valence-electron chi connectivity index (χ0n) is 18.1. The van der Waals surface area contributed by atoms with Crippen LogP contribution in [0.3, 0.4) is 0 Å². The van der Waals surface area contributed by atoms with Crippen LogP contribution in [0.2, 0.25) is 0 Å². The summed E-state index contributed by atoms with van der Waals surface area (Å²) < 4.78 is 5.77. The predicted molar refractivity (Wildman–Crippen MR) is 124 cm³/mol. The van der Waals surface area contributed by atoms with Gasteiger partial charge in [-0.05, 0) is 35.7 Å². The highest BCUT2D eigenvalue weighted by Crippen LogP contribution is 2.27. The highest BCUT2D eigenvalue weighted by Gasteiger charge is 2.30. The number of aliphatic hydroxyl groups is 1. The van der Waals surface area contributed by atoms with Gasteiger partial charge in [0, 0.05) is 19.4 Å². The summed E-state index contributed by atoms with van der Waals surface area (Å²) in [7, 11) is 0. The first-order valence-electron chi connectivity index (χ1n) is 10.5. The van der Waals surface area contributed by atoms with Crippen molar-refractivity contribution in [1.29, 1.82) is 0 Å². The molecule has 0 saturated carbocycles. The average Bonchev–Trinajstić information content (AvgIpc) is 2.83. The Morgan fingerprint density at radius 1 is 0.906 bits per heavy atom. The summed E-state index contributed by atoms with van der Waals surface area (Å²) in [4.78, 5) is 12.2. The standard InChI is InChI=1S/C26H28N2O4/c1-26(30,22-12-14-23(15-13-22)32-19-21-10-6-3-7-11-21)24(28-31)16-17-25(29)27-18-20-8-4-2-5-9-20/h2-15,30-31H,16-19H2,1H3,(H,27,29)/b28-24+. The van der Waals surface area contributed by atoms with E-state index >= 15 is 0 Å². The third-order valence-corrected chi connectivity index (χ3v) is 5.27. The number of carbonyl (C=O) groups is 1. The molecule has 0 aliphatic heterocycles. The van der Waals surface area contributed by atoms with Gasteiger partial charge in [-0.1, -0.05) is 78.0 Å². The molecular weight excluding hydrogens is 404 g/mol. The van der Waals surface area contributed by atoms with Crippen molar-refractivity contribution in [2.24, 2.45) is 5.16 Å². The monoisotopic (exact) mass is 432 g/mol. The fourth-order valence-corrected chi connectivity index (χ4v) is 3.29. The van der Waals surface area contributed by atoms with Crippen molar-refractivity contribution in [1.82, 2.24) is 5.32 Å². The lowest BCUT2D eigenvalue weighted by Gasteiger charge is -2.25. The van der Waals surface area contributed by atoms with Crippen molar-refractivity contribution >= 4 is 11.6 Å². The van der Waals surface area contributed by atoms with Crippen LogP contribution in [0.25, 0.3) is 0 Å². The Morgan fingerprint density at radius 3 is 2.09 bits per heavy atom. The molecule has 0 saturated heterocycles. The molecule has 6 nitrogen and oxygen atoms in total. The molecule has 1 atom stereocenters. The predicted octanol–water partition coefficient (Wildman–Crippen LogP) is 4.40. The van der Waals surface area contributed by atoms with Crippen molar-refractivity contribution in [2.45, 2.75) is 38.5 Å². The molecule has 0 bridgehead atoms. The van der Waals surface area contributed by atoms with E-state index in [2.05, 4.69) is 10.5 Å². The number of rotatable bonds is 10. The Morgan fingerprint density at radius 2 is 1.50 bits per heavy atom. The summed E-state index contributed by atoms with van der Waals surface area (Å²) in [6, 6.07) is 26.4. The number of carbonyl (C=O) groups excluding carboxylic acids is 1. The van der Waals surface area contributed by atoms with Crippen molar-refractivity contribution in [3.63, 3.8) is 0 Å². The van der Waals surface area contributed by atoms with Gasteiger partial charge in [-0.25, -0.2) is 0 Å². The van der Waals surface area contributed by atoms with E-state index in [0.717, 1.165) is 11.1 Å². The van der Waals surface area contributed by atoms with Crippen LogP contribution >= 0.6 is 0 Å². The van der Waals surface area contributed by atoms with E-state index in [0.29, 0.717) is 24.5 Å². The molecular formula is C26H28N2O4. The highest BCUT2D eigenvalue weighted by atomic mass is 16.5. The molecule has 0 aliphatic rings. The Kier molecular flexibility index (Phi) is 8.00. The Balaban J connectivity index is 1.54.